The number of nitrogens with two attached hydrogens (primary N) is 1. The van der Waals surface area contributed by atoms with Crippen molar-refractivity contribution in [2.24, 2.45) is 5.73 Å². The first-order valence-corrected chi connectivity index (χ1v) is 6.18. The van der Waals surface area contributed by atoms with Gasteiger partial charge in [0.05, 0.1) is 9.83 Å². The third kappa shape index (κ3) is 3.67. The molecule has 0 radical (unpaired) electrons. The zero-order valence-corrected chi connectivity index (χ0v) is 10.3. The van der Waals surface area contributed by atoms with Crippen molar-refractivity contribution >= 4 is 27.3 Å². The van der Waals surface area contributed by atoms with Gasteiger partial charge in [-0.05, 0) is 41.0 Å². The SMILES string of the molecule is NCC(NCCCO)c1ccc(Br)s1. The second-order valence-corrected chi connectivity index (χ2v) is 5.46. The topological polar surface area (TPSA) is 58.3 Å². The molecule has 0 aliphatic heterocycles. The summed E-state index contributed by atoms with van der Waals surface area (Å²) in [6.45, 7) is 1.60. The molecule has 80 valence electrons. The van der Waals surface area contributed by atoms with Crippen LogP contribution in [-0.2, 0) is 0 Å². The largest absolute Gasteiger partial charge is 0.396 e. The van der Waals surface area contributed by atoms with Gasteiger partial charge in [0.1, 0.15) is 0 Å². The first-order valence-electron chi connectivity index (χ1n) is 4.57. The van der Waals surface area contributed by atoms with Crippen molar-refractivity contribution < 1.29 is 5.11 Å². The maximum absolute atomic E-state index is 8.65. The first-order chi connectivity index (χ1) is 6.77. The number of nitrogens with one attached hydrogen (secondary N) is 1. The number of halogens is 1. The molecule has 0 spiro atoms. The highest BCUT2D eigenvalue weighted by Gasteiger charge is 2.10. The Kier molecular flexibility index (Phi) is 5.66. The van der Waals surface area contributed by atoms with Crippen molar-refractivity contribution in [3.8, 4) is 0 Å². The van der Waals surface area contributed by atoms with Gasteiger partial charge in [-0.2, -0.15) is 0 Å². The number of hydrogen-bond donors (Lipinski definition) is 3. The number of thiophene rings is 1. The maximum Gasteiger partial charge on any atom is 0.0702 e. The summed E-state index contributed by atoms with van der Waals surface area (Å²) >= 11 is 5.11. The van der Waals surface area contributed by atoms with E-state index in [1.54, 1.807) is 11.3 Å². The molecule has 1 aromatic rings. The Morgan fingerprint density at radius 3 is 2.86 bits per heavy atom. The Hall–Kier alpha value is 0.0600. The van der Waals surface area contributed by atoms with E-state index in [9.17, 15) is 0 Å². The molecule has 14 heavy (non-hydrogen) atoms. The van der Waals surface area contributed by atoms with Crippen LogP contribution in [0.3, 0.4) is 0 Å². The van der Waals surface area contributed by atoms with Gasteiger partial charge >= 0.3 is 0 Å². The predicted octanol–water partition coefficient (Wildman–Crippen LogP) is 1.48. The zero-order valence-electron chi connectivity index (χ0n) is 7.87. The average molecular weight is 279 g/mol. The van der Waals surface area contributed by atoms with Gasteiger partial charge in [-0.1, -0.05) is 0 Å². The van der Waals surface area contributed by atoms with Gasteiger partial charge in [0, 0.05) is 18.0 Å². The highest BCUT2D eigenvalue weighted by Crippen LogP contribution is 2.26. The lowest BCUT2D eigenvalue weighted by molar-refractivity contribution is 0.283. The predicted molar refractivity (Wildman–Crippen MR) is 63.5 cm³/mol. The van der Waals surface area contributed by atoms with Gasteiger partial charge in [0.2, 0.25) is 0 Å². The summed E-state index contributed by atoms with van der Waals surface area (Å²) in [6, 6.07) is 4.30. The Bertz CT molecular complexity index is 267. The molecule has 0 bridgehead atoms. The zero-order chi connectivity index (χ0) is 10.4. The molecule has 0 aromatic carbocycles. The van der Waals surface area contributed by atoms with Crippen LogP contribution in [-0.4, -0.2) is 24.8 Å². The van der Waals surface area contributed by atoms with Crippen LogP contribution in [0.15, 0.2) is 15.9 Å². The van der Waals surface area contributed by atoms with Crippen LogP contribution in [0, 0.1) is 0 Å². The van der Waals surface area contributed by atoms with Crippen LogP contribution >= 0.6 is 27.3 Å². The summed E-state index contributed by atoms with van der Waals surface area (Å²) in [5, 5.41) is 12.0. The molecule has 0 aliphatic carbocycles. The van der Waals surface area contributed by atoms with Crippen LogP contribution in [0.4, 0.5) is 0 Å². The molecule has 1 unspecified atom stereocenters. The van der Waals surface area contributed by atoms with E-state index in [0.29, 0.717) is 6.54 Å². The van der Waals surface area contributed by atoms with Crippen molar-refractivity contribution in [1.29, 1.82) is 0 Å². The van der Waals surface area contributed by atoms with Crippen LogP contribution in [0.2, 0.25) is 0 Å². The van der Waals surface area contributed by atoms with Crippen LogP contribution in [0.1, 0.15) is 17.3 Å². The summed E-state index contributed by atoms with van der Waals surface area (Å²) in [7, 11) is 0. The Labute approximate surface area is 96.4 Å². The molecule has 4 N–H and O–H groups in total. The smallest absolute Gasteiger partial charge is 0.0702 e. The second-order valence-electron chi connectivity index (χ2n) is 2.96. The minimum atomic E-state index is 0.206. The molecule has 1 rings (SSSR count). The quantitative estimate of drug-likeness (QED) is 0.691. The van der Waals surface area contributed by atoms with E-state index < -0.39 is 0 Å². The number of aliphatic hydroxyl groups excluding tert-OH is 1. The van der Waals surface area contributed by atoms with Gasteiger partial charge < -0.3 is 16.2 Å². The van der Waals surface area contributed by atoms with Gasteiger partial charge in [-0.15, -0.1) is 11.3 Å². The fourth-order valence-corrected chi connectivity index (χ4v) is 2.68. The minimum Gasteiger partial charge on any atom is -0.396 e. The Morgan fingerprint density at radius 2 is 2.36 bits per heavy atom. The molecular weight excluding hydrogens is 264 g/mol. The molecule has 0 saturated heterocycles. The van der Waals surface area contributed by atoms with E-state index >= 15 is 0 Å². The van der Waals surface area contributed by atoms with E-state index in [4.69, 9.17) is 10.8 Å². The highest BCUT2D eigenvalue weighted by atomic mass is 79.9. The highest BCUT2D eigenvalue weighted by molar-refractivity contribution is 9.11. The molecular formula is C9H15BrN2OS. The summed E-state index contributed by atoms with van der Waals surface area (Å²) in [5.41, 5.74) is 5.66. The van der Waals surface area contributed by atoms with Crippen LogP contribution in [0.25, 0.3) is 0 Å². The first kappa shape index (κ1) is 12.1. The van der Waals surface area contributed by atoms with Gasteiger partial charge in [0.15, 0.2) is 0 Å². The van der Waals surface area contributed by atoms with Crippen molar-refractivity contribution in [2.45, 2.75) is 12.5 Å². The van der Waals surface area contributed by atoms with Crippen molar-refractivity contribution in [3.63, 3.8) is 0 Å². The van der Waals surface area contributed by atoms with E-state index in [1.807, 2.05) is 6.07 Å². The monoisotopic (exact) mass is 278 g/mol. The van der Waals surface area contributed by atoms with Crippen molar-refractivity contribution in [2.75, 3.05) is 19.7 Å². The second kappa shape index (κ2) is 6.53. The molecule has 0 fully saturated rings. The van der Waals surface area contributed by atoms with E-state index in [1.165, 1.54) is 4.88 Å². The molecule has 1 heterocycles. The van der Waals surface area contributed by atoms with E-state index in [0.717, 1.165) is 16.8 Å². The summed E-state index contributed by atoms with van der Waals surface area (Å²) in [5.74, 6) is 0. The minimum absolute atomic E-state index is 0.206. The molecule has 0 saturated carbocycles. The molecule has 5 heteroatoms. The molecule has 0 aliphatic rings. The Morgan fingerprint density at radius 1 is 1.57 bits per heavy atom. The standard InChI is InChI=1S/C9H15BrN2OS/c10-9-3-2-8(14-9)7(6-11)12-4-1-5-13/h2-3,7,12-13H,1,4-6,11H2. The molecule has 3 nitrogen and oxygen atoms in total. The third-order valence-electron chi connectivity index (χ3n) is 1.90. The molecule has 1 atom stereocenters. The normalized spacial score (nSPS) is 13.1. The average Bonchev–Trinajstić information content (AvgIpc) is 2.60. The summed E-state index contributed by atoms with van der Waals surface area (Å²) < 4.78 is 1.12. The van der Waals surface area contributed by atoms with Crippen LogP contribution in [0.5, 0.6) is 0 Å². The van der Waals surface area contributed by atoms with Gasteiger partial charge in [0.25, 0.3) is 0 Å². The Balaban J connectivity index is 2.45. The lowest BCUT2D eigenvalue weighted by Gasteiger charge is -2.14. The van der Waals surface area contributed by atoms with Crippen LogP contribution < -0.4 is 11.1 Å². The number of rotatable bonds is 6. The van der Waals surface area contributed by atoms with E-state index in [-0.39, 0.29) is 12.6 Å². The fraction of sp³-hybridized carbons (Fsp3) is 0.556. The lowest BCUT2D eigenvalue weighted by atomic mass is 10.2. The van der Waals surface area contributed by atoms with Gasteiger partial charge in [-0.3, -0.25) is 0 Å². The fourth-order valence-electron chi connectivity index (χ4n) is 1.17. The lowest BCUT2D eigenvalue weighted by Crippen LogP contribution is -2.28. The maximum atomic E-state index is 8.65. The number of aliphatic hydroxyl groups is 1. The van der Waals surface area contributed by atoms with E-state index in [2.05, 4.69) is 27.3 Å². The van der Waals surface area contributed by atoms with Gasteiger partial charge in [-0.25, -0.2) is 0 Å². The van der Waals surface area contributed by atoms with Crippen molar-refractivity contribution in [3.05, 3.63) is 20.8 Å². The van der Waals surface area contributed by atoms with Crippen molar-refractivity contribution in [1.82, 2.24) is 5.32 Å². The third-order valence-corrected chi connectivity index (χ3v) is 3.64. The summed E-state index contributed by atoms with van der Waals surface area (Å²) in [4.78, 5) is 1.23. The number of hydrogen-bond acceptors (Lipinski definition) is 4. The molecule has 1 aromatic heterocycles. The summed E-state index contributed by atoms with van der Waals surface area (Å²) in [6.07, 6.45) is 0.767. The molecule has 0 amide bonds.